The first kappa shape index (κ1) is 9.32. The van der Waals surface area contributed by atoms with E-state index in [4.69, 9.17) is 0 Å². The molecule has 0 radical (unpaired) electrons. The van der Waals surface area contributed by atoms with E-state index in [0.29, 0.717) is 17.1 Å². The zero-order valence-electron chi connectivity index (χ0n) is 7.97. The van der Waals surface area contributed by atoms with Gasteiger partial charge in [-0.05, 0) is 6.07 Å². The maximum absolute atomic E-state index is 11.1. The minimum Gasteiger partial charge on any atom is -0.464 e. The van der Waals surface area contributed by atoms with Gasteiger partial charge in [-0.1, -0.05) is 0 Å². The molecule has 0 amide bonds. The Morgan fingerprint density at radius 2 is 2.33 bits per heavy atom. The minimum absolute atomic E-state index is 0.297. The lowest BCUT2D eigenvalue weighted by molar-refractivity contribution is 0.0594. The quantitative estimate of drug-likeness (QED) is 0.726. The predicted molar refractivity (Wildman–Crippen MR) is 51.0 cm³/mol. The normalized spacial score (nSPS) is 9.93. The number of methoxy groups -OCH3 is 1. The second kappa shape index (κ2) is 3.87. The van der Waals surface area contributed by atoms with Gasteiger partial charge in [0.2, 0.25) is 0 Å². The van der Waals surface area contributed by atoms with Crippen molar-refractivity contribution in [3.8, 4) is 11.4 Å². The fourth-order valence-corrected chi connectivity index (χ4v) is 1.11. The van der Waals surface area contributed by atoms with E-state index in [9.17, 15) is 4.79 Å². The molecular formula is C9H8N4O2. The Bertz CT molecular complexity index is 466. The van der Waals surface area contributed by atoms with E-state index in [1.807, 2.05) is 0 Å². The van der Waals surface area contributed by atoms with Crippen LogP contribution in [0, 0.1) is 0 Å². The maximum Gasteiger partial charge on any atom is 0.356 e. The third-order valence-corrected chi connectivity index (χ3v) is 1.83. The molecule has 2 heterocycles. The third-order valence-electron chi connectivity index (χ3n) is 1.83. The highest BCUT2D eigenvalue weighted by atomic mass is 16.5. The molecule has 0 saturated carbocycles. The fourth-order valence-electron chi connectivity index (χ4n) is 1.11. The maximum atomic E-state index is 11.1. The molecule has 0 aliphatic heterocycles. The van der Waals surface area contributed by atoms with Crippen molar-refractivity contribution in [1.29, 1.82) is 0 Å². The number of nitrogens with zero attached hydrogens (tertiary/aromatic N) is 3. The molecule has 2 rings (SSSR count). The van der Waals surface area contributed by atoms with E-state index in [2.05, 4.69) is 24.9 Å². The van der Waals surface area contributed by atoms with E-state index >= 15 is 0 Å². The summed E-state index contributed by atoms with van der Waals surface area (Å²) in [4.78, 5) is 18.9. The van der Waals surface area contributed by atoms with Gasteiger partial charge in [-0.15, -0.1) is 0 Å². The van der Waals surface area contributed by atoms with Crippen molar-refractivity contribution in [2.45, 2.75) is 0 Å². The van der Waals surface area contributed by atoms with E-state index in [1.54, 1.807) is 18.3 Å². The summed E-state index contributed by atoms with van der Waals surface area (Å²) >= 11 is 0. The first-order chi connectivity index (χ1) is 7.31. The summed E-state index contributed by atoms with van der Waals surface area (Å²) in [6.45, 7) is 0. The number of aromatic amines is 1. The smallest absolute Gasteiger partial charge is 0.356 e. The lowest BCUT2D eigenvalue weighted by atomic mass is 10.3. The van der Waals surface area contributed by atoms with Crippen LogP contribution in [0.5, 0.6) is 0 Å². The topological polar surface area (TPSA) is 80.8 Å². The highest BCUT2D eigenvalue weighted by Gasteiger charge is 2.10. The first-order valence-electron chi connectivity index (χ1n) is 4.21. The number of nitrogens with one attached hydrogen (secondary N) is 1. The standard InChI is InChI=1S/C9H8N4O2/c1-15-9(14)8-4-7(12-13-8)6-2-3-10-5-11-6/h2-5H,1H3,(H,12,13). The van der Waals surface area contributed by atoms with E-state index < -0.39 is 5.97 Å². The van der Waals surface area contributed by atoms with Gasteiger partial charge in [0, 0.05) is 12.3 Å². The zero-order valence-corrected chi connectivity index (χ0v) is 7.97. The molecular weight excluding hydrogens is 196 g/mol. The van der Waals surface area contributed by atoms with Gasteiger partial charge in [0.15, 0.2) is 0 Å². The Hall–Kier alpha value is -2.24. The predicted octanol–water partition coefficient (Wildman–Crippen LogP) is 0.653. The number of carbonyl (C=O) groups excluding carboxylic acids is 1. The summed E-state index contributed by atoms with van der Waals surface area (Å²) in [6, 6.07) is 3.28. The first-order valence-corrected chi connectivity index (χ1v) is 4.21. The Balaban J connectivity index is 2.32. The number of hydrogen-bond donors (Lipinski definition) is 1. The molecule has 0 aromatic carbocycles. The van der Waals surface area contributed by atoms with Crippen molar-refractivity contribution < 1.29 is 9.53 Å². The van der Waals surface area contributed by atoms with Gasteiger partial charge in [0.1, 0.15) is 17.7 Å². The number of rotatable bonds is 2. The minimum atomic E-state index is -0.456. The largest absolute Gasteiger partial charge is 0.464 e. The Morgan fingerprint density at radius 1 is 1.47 bits per heavy atom. The third kappa shape index (κ3) is 1.83. The van der Waals surface area contributed by atoms with Gasteiger partial charge in [-0.3, -0.25) is 5.10 Å². The molecule has 76 valence electrons. The Kier molecular flexibility index (Phi) is 2.40. The number of aromatic nitrogens is 4. The number of ether oxygens (including phenoxy) is 1. The van der Waals surface area contributed by atoms with E-state index in [1.165, 1.54) is 13.4 Å². The van der Waals surface area contributed by atoms with Crippen molar-refractivity contribution in [1.82, 2.24) is 20.2 Å². The summed E-state index contributed by atoms with van der Waals surface area (Å²) in [5.41, 5.74) is 1.53. The Morgan fingerprint density at radius 3 is 3.00 bits per heavy atom. The van der Waals surface area contributed by atoms with Gasteiger partial charge in [-0.25, -0.2) is 14.8 Å². The average Bonchev–Trinajstić information content (AvgIpc) is 2.78. The molecule has 0 aliphatic carbocycles. The summed E-state index contributed by atoms with van der Waals surface area (Å²) in [5, 5.41) is 6.51. The van der Waals surface area contributed by atoms with Gasteiger partial charge in [0.05, 0.1) is 12.8 Å². The molecule has 0 bridgehead atoms. The summed E-state index contributed by atoms with van der Waals surface area (Å²) < 4.78 is 4.54. The van der Waals surface area contributed by atoms with Crippen LogP contribution in [0.4, 0.5) is 0 Å². The molecule has 15 heavy (non-hydrogen) atoms. The molecule has 0 unspecified atom stereocenters. The SMILES string of the molecule is COC(=O)c1cc(-c2ccncn2)n[nH]1. The van der Waals surface area contributed by atoms with Crippen LogP contribution in [-0.4, -0.2) is 33.2 Å². The average molecular weight is 204 g/mol. The second-order valence-corrected chi connectivity index (χ2v) is 2.75. The molecule has 0 fully saturated rings. The van der Waals surface area contributed by atoms with Crippen LogP contribution in [0.3, 0.4) is 0 Å². The Labute approximate surface area is 85.3 Å². The number of carbonyl (C=O) groups is 1. The van der Waals surface area contributed by atoms with Crippen LogP contribution < -0.4 is 0 Å². The van der Waals surface area contributed by atoms with Crippen molar-refractivity contribution in [3.63, 3.8) is 0 Å². The molecule has 6 heteroatoms. The van der Waals surface area contributed by atoms with Gasteiger partial charge in [0.25, 0.3) is 0 Å². The number of esters is 1. The molecule has 0 atom stereocenters. The molecule has 0 spiro atoms. The lowest BCUT2D eigenvalue weighted by Crippen LogP contribution is -2.00. The number of hydrogen-bond acceptors (Lipinski definition) is 5. The summed E-state index contributed by atoms with van der Waals surface area (Å²) in [5.74, 6) is -0.456. The molecule has 6 nitrogen and oxygen atoms in total. The van der Waals surface area contributed by atoms with Crippen molar-refractivity contribution >= 4 is 5.97 Å². The second-order valence-electron chi connectivity index (χ2n) is 2.75. The van der Waals surface area contributed by atoms with Crippen molar-refractivity contribution in [3.05, 3.63) is 30.4 Å². The van der Waals surface area contributed by atoms with Crippen LogP contribution in [0.1, 0.15) is 10.5 Å². The van der Waals surface area contributed by atoms with Crippen molar-refractivity contribution in [2.24, 2.45) is 0 Å². The van der Waals surface area contributed by atoms with Crippen molar-refractivity contribution in [2.75, 3.05) is 7.11 Å². The van der Waals surface area contributed by atoms with E-state index in [0.717, 1.165) is 0 Å². The van der Waals surface area contributed by atoms with Crippen LogP contribution in [-0.2, 0) is 4.74 Å². The highest BCUT2D eigenvalue weighted by Crippen LogP contribution is 2.13. The highest BCUT2D eigenvalue weighted by molar-refractivity contribution is 5.88. The molecule has 1 N–H and O–H groups in total. The summed E-state index contributed by atoms with van der Waals surface area (Å²) in [7, 11) is 1.31. The number of H-pyrrole nitrogens is 1. The van der Waals surface area contributed by atoms with Crippen LogP contribution >= 0.6 is 0 Å². The zero-order chi connectivity index (χ0) is 10.7. The van der Waals surface area contributed by atoms with Gasteiger partial charge >= 0.3 is 5.97 Å². The molecule has 0 aliphatic rings. The lowest BCUT2D eigenvalue weighted by Gasteiger charge is -1.92. The van der Waals surface area contributed by atoms with Gasteiger partial charge in [-0.2, -0.15) is 5.10 Å². The van der Waals surface area contributed by atoms with Crippen LogP contribution in [0.25, 0.3) is 11.4 Å². The van der Waals surface area contributed by atoms with Crippen LogP contribution in [0.2, 0.25) is 0 Å². The monoisotopic (exact) mass is 204 g/mol. The fraction of sp³-hybridized carbons (Fsp3) is 0.111. The molecule has 2 aromatic heterocycles. The van der Waals surface area contributed by atoms with Crippen LogP contribution in [0.15, 0.2) is 24.7 Å². The van der Waals surface area contributed by atoms with E-state index in [-0.39, 0.29) is 0 Å². The molecule has 0 saturated heterocycles. The molecule has 2 aromatic rings. The summed E-state index contributed by atoms with van der Waals surface area (Å²) in [6.07, 6.45) is 3.02. The van der Waals surface area contributed by atoms with Gasteiger partial charge < -0.3 is 4.74 Å².